The Balaban J connectivity index is 1.60. The van der Waals surface area contributed by atoms with Crippen LogP contribution in [0.3, 0.4) is 0 Å². The van der Waals surface area contributed by atoms with E-state index in [2.05, 4.69) is 116 Å². The molecule has 176 valence electrons. The molecule has 0 bridgehead atoms. The third kappa shape index (κ3) is 3.20. The lowest BCUT2D eigenvalue weighted by molar-refractivity contribution is 0.645. The van der Waals surface area contributed by atoms with E-state index in [4.69, 9.17) is 0 Å². The Bertz CT molecular complexity index is 1740. The van der Waals surface area contributed by atoms with Crippen LogP contribution in [0.15, 0.2) is 108 Å². The van der Waals surface area contributed by atoms with E-state index in [1.807, 2.05) is 24.3 Å². The Morgan fingerprint density at radius 2 is 1.47 bits per heavy atom. The molecule has 1 heterocycles. The highest BCUT2D eigenvalue weighted by molar-refractivity contribution is 5.93. The Labute approximate surface area is 211 Å². The zero-order chi connectivity index (χ0) is 25.0. The second-order valence-electron chi connectivity index (χ2n) is 10.1. The minimum absolute atomic E-state index is 0.0805. The van der Waals surface area contributed by atoms with Gasteiger partial charge in [-0.15, -0.1) is 4.58 Å². The van der Waals surface area contributed by atoms with Crippen LogP contribution in [-0.4, -0.2) is 7.05 Å². The van der Waals surface area contributed by atoms with Crippen molar-refractivity contribution in [1.29, 1.82) is 0 Å². The lowest BCUT2D eigenvalue weighted by Gasteiger charge is -2.24. The maximum atomic E-state index is 13.9. The van der Waals surface area contributed by atoms with E-state index in [1.54, 1.807) is 0 Å². The van der Waals surface area contributed by atoms with Crippen LogP contribution in [-0.2, 0) is 5.41 Å². The summed E-state index contributed by atoms with van der Waals surface area (Å²) < 4.78 is 2.13. The topological polar surface area (TPSA) is 23.3 Å². The summed E-state index contributed by atoms with van der Waals surface area (Å²) in [4.78, 5) is 16.1. The number of fused-ring (bicyclic) bond motifs is 2. The van der Waals surface area contributed by atoms with Crippen LogP contribution in [0.1, 0.15) is 30.5 Å². The molecule has 3 nitrogen and oxygen atoms in total. The van der Waals surface area contributed by atoms with Gasteiger partial charge in [0.05, 0.1) is 5.39 Å². The number of benzene rings is 4. The van der Waals surface area contributed by atoms with E-state index in [-0.39, 0.29) is 10.8 Å². The van der Waals surface area contributed by atoms with Crippen molar-refractivity contribution in [2.45, 2.75) is 26.2 Å². The SMILES string of the molecule is Cc1c(C=C2N(C)c3ccccc3C2(C)C)c(=O)c1=[N+](c1ccccc1)c1cccc2ccccc12. The number of anilines is 1. The van der Waals surface area contributed by atoms with Gasteiger partial charge < -0.3 is 4.90 Å². The summed E-state index contributed by atoms with van der Waals surface area (Å²) in [6.07, 6.45) is 2.10. The minimum Gasteiger partial charge on any atom is -0.347 e. The average Bonchev–Trinajstić information content (AvgIpc) is 3.10. The predicted molar refractivity (Wildman–Crippen MR) is 151 cm³/mol. The van der Waals surface area contributed by atoms with Gasteiger partial charge in [-0.05, 0) is 36.1 Å². The number of nitrogens with zero attached hydrogens (tertiary/aromatic N) is 2. The van der Waals surface area contributed by atoms with Crippen molar-refractivity contribution in [3.63, 3.8) is 0 Å². The third-order valence-electron chi connectivity index (χ3n) is 7.69. The van der Waals surface area contributed by atoms with Gasteiger partial charge in [0.25, 0.3) is 10.8 Å². The van der Waals surface area contributed by atoms with E-state index in [0.29, 0.717) is 0 Å². The van der Waals surface area contributed by atoms with Gasteiger partial charge in [0, 0.05) is 53.2 Å². The second-order valence-corrected chi connectivity index (χ2v) is 10.1. The minimum atomic E-state index is -0.177. The molecule has 0 aromatic heterocycles. The summed E-state index contributed by atoms with van der Waals surface area (Å²) >= 11 is 0. The Morgan fingerprint density at radius 1 is 0.806 bits per heavy atom. The first kappa shape index (κ1) is 22.2. The van der Waals surface area contributed by atoms with Crippen LogP contribution < -0.4 is 20.3 Å². The number of para-hydroxylation sites is 2. The highest BCUT2D eigenvalue weighted by Crippen LogP contribution is 2.47. The highest BCUT2D eigenvalue weighted by atomic mass is 16.1. The number of allylic oxidation sites excluding steroid dienone is 1. The van der Waals surface area contributed by atoms with Gasteiger partial charge in [-0.1, -0.05) is 80.6 Å². The lowest BCUT2D eigenvalue weighted by Crippen LogP contribution is -2.45. The van der Waals surface area contributed by atoms with Crippen molar-refractivity contribution < 1.29 is 0 Å². The van der Waals surface area contributed by atoms with E-state index in [0.717, 1.165) is 44.3 Å². The molecule has 3 heteroatoms. The third-order valence-corrected chi connectivity index (χ3v) is 7.69. The van der Waals surface area contributed by atoms with Crippen molar-refractivity contribution >= 4 is 33.9 Å². The number of hydrogen-bond acceptors (Lipinski definition) is 2. The molecule has 1 aliphatic rings. The highest BCUT2D eigenvalue weighted by Gasteiger charge is 2.39. The summed E-state index contributed by atoms with van der Waals surface area (Å²) in [6, 6.07) is 33.3. The first-order valence-electron chi connectivity index (χ1n) is 12.4. The first-order chi connectivity index (χ1) is 17.4. The zero-order valence-electron chi connectivity index (χ0n) is 21.1. The molecule has 0 unspecified atom stereocenters. The molecule has 0 spiro atoms. The maximum absolute atomic E-state index is 13.9. The molecule has 1 aliphatic heterocycles. The predicted octanol–water partition coefficient (Wildman–Crippen LogP) is 6.59. The van der Waals surface area contributed by atoms with Gasteiger partial charge in [-0.3, -0.25) is 4.79 Å². The Morgan fingerprint density at radius 3 is 2.22 bits per heavy atom. The van der Waals surface area contributed by atoms with Crippen molar-refractivity contribution in [3.8, 4) is 0 Å². The fourth-order valence-electron chi connectivity index (χ4n) is 5.74. The molecule has 5 aromatic rings. The molecule has 5 aromatic carbocycles. The maximum Gasteiger partial charge on any atom is 0.263 e. The van der Waals surface area contributed by atoms with Crippen molar-refractivity contribution in [3.05, 3.63) is 135 Å². The van der Waals surface area contributed by atoms with E-state index >= 15 is 0 Å². The normalized spacial score (nSPS) is 16.6. The fraction of sp³-hybridized carbons (Fsp3) is 0.152. The standard InChI is InChI=1S/C33H29N2O/c1-22-26(21-30-33(2,3)27-18-10-11-19-29(27)34(30)4)32(36)31(22)35(24-15-6-5-7-16-24)28-20-12-14-23-13-8-9-17-25(23)28/h5-21H,1-4H3/q+1. The number of hydrogen-bond donors (Lipinski definition) is 0. The summed E-state index contributed by atoms with van der Waals surface area (Å²) in [5, 5.41) is 3.01. The Kier molecular flexibility index (Phi) is 5.04. The molecule has 0 amide bonds. The van der Waals surface area contributed by atoms with Gasteiger partial charge in [-0.2, -0.15) is 0 Å². The molecule has 0 saturated carbocycles. The molecule has 0 saturated heterocycles. The van der Waals surface area contributed by atoms with Gasteiger partial charge >= 0.3 is 0 Å². The molecular weight excluding hydrogens is 440 g/mol. The van der Waals surface area contributed by atoms with Crippen LogP contribution in [0.4, 0.5) is 17.1 Å². The summed E-state index contributed by atoms with van der Waals surface area (Å²) in [6.45, 7) is 6.54. The summed E-state index contributed by atoms with van der Waals surface area (Å²) in [7, 11) is 2.09. The van der Waals surface area contributed by atoms with Crippen LogP contribution >= 0.6 is 0 Å². The van der Waals surface area contributed by atoms with Gasteiger partial charge in [0.2, 0.25) is 11.4 Å². The summed E-state index contributed by atoms with van der Waals surface area (Å²) in [5.41, 5.74) is 7.33. The van der Waals surface area contributed by atoms with Gasteiger partial charge in [-0.25, -0.2) is 0 Å². The van der Waals surface area contributed by atoms with E-state index < -0.39 is 0 Å². The number of likely N-dealkylation sites (N-methyl/N-ethyl adjacent to an activating group) is 1. The fourth-order valence-corrected chi connectivity index (χ4v) is 5.74. The lowest BCUT2D eigenvalue weighted by atomic mass is 9.82. The smallest absolute Gasteiger partial charge is 0.263 e. The second kappa shape index (κ2) is 8.17. The van der Waals surface area contributed by atoms with Crippen LogP contribution in [0.5, 0.6) is 0 Å². The molecule has 0 radical (unpaired) electrons. The molecule has 0 fully saturated rings. The largest absolute Gasteiger partial charge is 0.347 e. The molecule has 36 heavy (non-hydrogen) atoms. The molecule has 0 aliphatic carbocycles. The molecule has 0 N–H and O–H groups in total. The first-order valence-corrected chi connectivity index (χ1v) is 12.4. The van der Waals surface area contributed by atoms with Crippen molar-refractivity contribution in [2.75, 3.05) is 11.9 Å². The van der Waals surface area contributed by atoms with Crippen LogP contribution in [0.2, 0.25) is 0 Å². The average molecular weight is 470 g/mol. The van der Waals surface area contributed by atoms with E-state index in [1.165, 1.54) is 11.3 Å². The Hall–Kier alpha value is -4.24. The van der Waals surface area contributed by atoms with E-state index in [9.17, 15) is 4.79 Å². The summed E-state index contributed by atoms with van der Waals surface area (Å²) in [5.74, 6) is 0. The molecule has 6 rings (SSSR count). The quantitative estimate of drug-likeness (QED) is 0.278. The van der Waals surface area contributed by atoms with Crippen LogP contribution in [0.25, 0.3) is 16.8 Å². The van der Waals surface area contributed by atoms with Gasteiger partial charge in [0.15, 0.2) is 0 Å². The van der Waals surface area contributed by atoms with Gasteiger partial charge in [0.1, 0.15) is 0 Å². The van der Waals surface area contributed by atoms with Crippen molar-refractivity contribution in [2.24, 2.45) is 0 Å². The number of rotatable bonds is 3. The van der Waals surface area contributed by atoms with Crippen LogP contribution in [0, 0.1) is 6.92 Å². The molecule has 0 atom stereocenters. The molecular formula is C33H29N2O+. The zero-order valence-corrected chi connectivity index (χ0v) is 21.1. The monoisotopic (exact) mass is 469 g/mol. The van der Waals surface area contributed by atoms with Crippen molar-refractivity contribution in [1.82, 2.24) is 4.58 Å².